The molecule has 1 aromatic heterocycles. The Morgan fingerprint density at radius 1 is 1.09 bits per heavy atom. The van der Waals surface area contributed by atoms with Gasteiger partial charge in [-0.1, -0.05) is 12.1 Å². The average molecular weight is 469 g/mol. The van der Waals surface area contributed by atoms with Crippen molar-refractivity contribution in [3.8, 4) is 11.4 Å². The van der Waals surface area contributed by atoms with Crippen LogP contribution in [0.5, 0.6) is 5.75 Å². The fraction of sp³-hybridized carbons (Fsp3) is 0.400. The van der Waals surface area contributed by atoms with E-state index in [1.807, 2.05) is 19.0 Å². The van der Waals surface area contributed by atoms with E-state index in [0.717, 1.165) is 16.7 Å². The highest BCUT2D eigenvalue weighted by Crippen LogP contribution is 2.18. The maximum atomic E-state index is 13.3. The van der Waals surface area contributed by atoms with Crippen LogP contribution in [0.4, 0.5) is 0 Å². The fourth-order valence-electron chi connectivity index (χ4n) is 3.54. The molecule has 0 spiro atoms. The first kappa shape index (κ1) is 25.2. The zero-order valence-corrected chi connectivity index (χ0v) is 20.3. The van der Waals surface area contributed by atoms with Crippen LogP contribution in [0.25, 0.3) is 16.6 Å². The third-order valence-electron chi connectivity index (χ3n) is 5.35. The minimum atomic E-state index is -0.796. The van der Waals surface area contributed by atoms with Crippen LogP contribution in [0.15, 0.2) is 52.1 Å². The lowest BCUT2D eigenvalue weighted by molar-refractivity contribution is -0.148. The van der Waals surface area contributed by atoms with Crippen LogP contribution in [0, 0.1) is 0 Å². The summed E-state index contributed by atoms with van der Waals surface area (Å²) in [5, 5.41) is 0.381. The second-order valence-corrected chi connectivity index (χ2v) is 8.78. The third kappa shape index (κ3) is 5.73. The molecule has 0 bridgehead atoms. The predicted octanol–water partition coefficient (Wildman–Crippen LogP) is 1.45. The molecule has 0 aliphatic heterocycles. The standard InChI is InChI=1S/C25H32N4O5/c1-16(2)34-24(31)21(26)14-17-6-8-18(9-7-17)29-23(30)20-15-19(33-13-12-27(3)4)10-11-22(20)28(5)25(29)32/h6-11,15-16,21H,12-14,26H2,1-5H3/t21-/m0/s1. The second-order valence-electron chi connectivity index (χ2n) is 8.78. The molecule has 0 radical (unpaired) electrons. The molecule has 2 N–H and O–H groups in total. The summed E-state index contributed by atoms with van der Waals surface area (Å²) in [5.74, 6) is 0.0940. The molecule has 182 valence electrons. The van der Waals surface area contributed by atoms with Gasteiger partial charge >= 0.3 is 11.7 Å². The fourth-order valence-corrected chi connectivity index (χ4v) is 3.54. The van der Waals surface area contributed by atoms with E-state index in [-0.39, 0.29) is 12.5 Å². The van der Waals surface area contributed by atoms with Crippen molar-refractivity contribution in [1.82, 2.24) is 14.0 Å². The first-order chi connectivity index (χ1) is 16.1. The van der Waals surface area contributed by atoms with E-state index in [9.17, 15) is 14.4 Å². The van der Waals surface area contributed by atoms with Crippen LogP contribution in [0.2, 0.25) is 0 Å². The lowest BCUT2D eigenvalue weighted by Gasteiger charge is -2.15. The minimum absolute atomic E-state index is 0.240. The van der Waals surface area contributed by atoms with Crippen LogP contribution in [-0.4, -0.2) is 59.4 Å². The number of benzene rings is 2. The van der Waals surface area contributed by atoms with E-state index in [0.29, 0.717) is 28.9 Å². The van der Waals surface area contributed by atoms with Crippen LogP contribution in [0.3, 0.4) is 0 Å². The van der Waals surface area contributed by atoms with Gasteiger partial charge in [-0.2, -0.15) is 0 Å². The number of carbonyl (C=O) groups is 1. The maximum Gasteiger partial charge on any atom is 0.335 e. The summed E-state index contributed by atoms with van der Waals surface area (Å²) in [7, 11) is 5.53. The van der Waals surface area contributed by atoms with Crippen molar-refractivity contribution in [3.05, 3.63) is 68.9 Å². The molecule has 1 atom stereocenters. The van der Waals surface area contributed by atoms with E-state index in [2.05, 4.69) is 0 Å². The molecular weight excluding hydrogens is 436 g/mol. The van der Waals surface area contributed by atoms with Gasteiger partial charge in [-0.05, 0) is 70.3 Å². The molecule has 2 aromatic carbocycles. The number of likely N-dealkylation sites (N-methyl/N-ethyl adjacent to an activating group) is 1. The Labute approximate surface area is 198 Å². The number of esters is 1. The highest BCUT2D eigenvalue weighted by atomic mass is 16.5. The lowest BCUT2D eigenvalue weighted by Crippen LogP contribution is -2.38. The van der Waals surface area contributed by atoms with Gasteiger partial charge < -0.3 is 20.1 Å². The SMILES string of the molecule is CC(C)OC(=O)[C@@H](N)Cc1ccc(-n2c(=O)c3cc(OCCN(C)C)ccc3n(C)c2=O)cc1. The first-order valence-electron chi connectivity index (χ1n) is 11.2. The lowest BCUT2D eigenvalue weighted by atomic mass is 10.1. The molecular formula is C25H32N4O5. The number of aromatic nitrogens is 2. The Morgan fingerprint density at radius 2 is 1.76 bits per heavy atom. The summed E-state index contributed by atoms with van der Waals surface area (Å²) >= 11 is 0. The van der Waals surface area contributed by atoms with Crippen molar-refractivity contribution >= 4 is 16.9 Å². The third-order valence-corrected chi connectivity index (χ3v) is 5.35. The van der Waals surface area contributed by atoms with Crippen molar-refractivity contribution in [2.24, 2.45) is 12.8 Å². The molecule has 3 aromatic rings. The Morgan fingerprint density at radius 3 is 2.38 bits per heavy atom. The Kier molecular flexibility index (Phi) is 7.90. The summed E-state index contributed by atoms with van der Waals surface area (Å²) in [6.07, 6.45) is 0.0419. The van der Waals surface area contributed by atoms with E-state index < -0.39 is 23.3 Å². The minimum Gasteiger partial charge on any atom is -0.492 e. The molecule has 3 rings (SSSR count). The van der Waals surface area contributed by atoms with Crippen LogP contribution in [0.1, 0.15) is 19.4 Å². The highest BCUT2D eigenvalue weighted by molar-refractivity contribution is 5.80. The topological polar surface area (TPSA) is 109 Å². The number of hydrogen-bond acceptors (Lipinski definition) is 7. The van der Waals surface area contributed by atoms with E-state index in [1.54, 1.807) is 63.4 Å². The molecule has 34 heavy (non-hydrogen) atoms. The first-order valence-corrected chi connectivity index (χ1v) is 11.2. The summed E-state index contributed by atoms with van der Waals surface area (Å²) < 4.78 is 13.5. The van der Waals surface area contributed by atoms with E-state index >= 15 is 0 Å². The second kappa shape index (κ2) is 10.7. The van der Waals surface area contributed by atoms with Gasteiger partial charge in [0.2, 0.25) is 0 Å². The molecule has 0 amide bonds. The molecule has 9 heteroatoms. The maximum absolute atomic E-state index is 13.3. The number of rotatable bonds is 9. The molecule has 0 saturated heterocycles. The average Bonchev–Trinajstić information content (AvgIpc) is 2.78. The zero-order valence-electron chi connectivity index (χ0n) is 20.3. The van der Waals surface area contributed by atoms with Crippen molar-refractivity contribution in [3.63, 3.8) is 0 Å². The molecule has 9 nitrogen and oxygen atoms in total. The molecule has 0 unspecified atom stereocenters. The van der Waals surface area contributed by atoms with Crippen molar-refractivity contribution in [2.75, 3.05) is 27.2 Å². The van der Waals surface area contributed by atoms with Gasteiger partial charge in [0.15, 0.2) is 0 Å². The predicted molar refractivity (Wildman–Crippen MR) is 132 cm³/mol. The monoisotopic (exact) mass is 468 g/mol. The number of nitrogens with two attached hydrogens (primary N) is 1. The quantitative estimate of drug-likeness (QED) is 0.474. The van der Waals surface area contributed by atoms with Crippen molar-refractivity contribution in [2.45, 2.75) is 32.4 Å². The molecule has 0 aliphatic rings. The number of nitrogens with zero attached hydrogens (tertiary/aromatic N) is 3. The van der Waals surface area contributed by atoms with Gasteiger partial charge in [0.1, 0.15) is 18.4 Å². The van der Waals surface area contributed by atoms with Crippen LogP contribution >= 0.6 is 0 Å². The molecule has 0 saturated carbocycles. The molecule has 1 heterocycles. The Hall–Kier alpha value is -3.43. The highest BCUT2D eigenvalue weighted by Gasteiger charge is 2.18. The summed E-state index contributed by atoms with van der Waals surface area (Å²) in [5.41, 5.74) is 6.80. The Bertz CT molecular complexity index is 1280. The van der Waals surface area contributed by atoms with Gasteiger partial charge in [0.25, 0.3) is 5.56 Å². The number of carbonyl (C=O) groups excluding carboxylic acids is 1. The number of ether oxygens (including phenoxy) is 2. The summed E-state index contributed by atoms with van der Waals surface area (Å²) in [4.78, 5) is 40.3. The van der Waals surface area contributed by atoms with Crippen molar-refractivity contribution < 1.29 is 14.3 Å². The van der Waals surface area contributed by atoms with Crippen LogP contribution in [-0.2, 0) is 23.0 Å². The number of fused-ring (bicyclic) bond motifs is 1. The van der Waals surface area contributed by atoms with Gasteiger partial charge in [-0.3, -0.25) is 14.2 Å². The van der Waals surface area contributed by atoms with Gasteiger partial charge in [-0.15, -0.1) is 0 Å². The summed E-state index contributed by atoms with van der Waals surface area (Å²) in [6, 6.07) is 11.2. The smallest absolute Gasteiger partial charge is 0.335 e. The van der Waals surface area contributed by atoms with Crippen molar-refractivity contribution in [1.29, 1.82) is 0 Å². The molecule has 0 fully saturated rings. The summed E-state index contributed by atoms with van der Waals surface area (Å²) in [6.45, 7) is 4.74. The van der Waals surface area contributed by atoms with Crippen LogP contribution < -0.4 is 21.7 Å². The largest absolute Gasteiger partial charge is 0.492 e. The number of hydrogen-bond donors (Lipinski definition) is 1. The van der Waals surface area contributed by atoms with E-state index in [4.69, 9.17) is 15.2 Å². The van der Waals surface area contributed by atoms with E-state index in [1.165, 1.54) is 4.57 Å². The molecule has 0 aliphatic carbocycles. The van der Waals surface area contributed by atoms with Gasteiger partial charge in [-0.25, -0.2) is 9.36 Å². The van der Waals surface area contributed by atoms with Gasteiger partial charge in [0.05, 0.1) is 22.7 Å². The normalized spacial score (nSPS) is 12.4. The van der Waals surface area contributed by atoms with Gasteiger partial charge in [0, 0.05) is 13.6 Å². The Balaban J connectivity index is 1.92. The number of aryl methyl sites for hydroxylation is 1. The zero-order chi connectivity index (χ0) is 25.0.